The van der Waals surface area contributed by atoms with E-state index in [1.807, 2.05) is 0 Å². The second-order valence-electron chi connectivity index (χ2n) is 3.72. The highest BCUT2D eigenvalue weighted by atomic mass is 16.1. The SMILES string of the molecule is C=CCNC(=O)CNC(CC)CCCC. The molecule has 3 nitrogen and oxygen atoms in total. The van der Waals surface area contributed by atoms with E-state index >= 15 is 0 Å². The zero-order valence-electron chi connectivity index (χ0n) is 10.0. The van der Waals surface area contributed by atoms with Crippen LogP contribution in [0.3, 0.4) is 0 Å². The molecule has 0 aliphatic rings. The van der Waals surface area contributed by atoms with Crippen LogP contribution in [-0.2, 0) is 4.79 Å². The van der Waals surface area contributed by atoms with E-state index in [0.717, 1.165) is 12.8 Å². The minimum Gasteiger partial charge on any atom is -0.352 e. The number of carbonyl (C=O) groups is 1. The maximum atomic E-state index is 11.3. The number of carbonyl (C=O) groups excluding carboxylic acids is 1. The van der Waals surface area contributed by atoms with Crippen LogP contribution >= 0.6 is 0 Å². The highest BCUT2D eigenvalue weighted by Gasteiger charge is 2.06. The summed E-state index contributed by atoms with van der Waals surface area (Å²) >= 11 is 0. The molecule has 0 saturated carbocycles. The maximum absolute atomic E-state index is 11.3. The van der Waals surface area contributed by atoms with Crippen LogP contribution < -0.4 is 10.6 Å². The molecule has 0 aliphatic heterocycles. The van der Waals surface area contributed by atoms with Gasteiger partial charge in [0.25, 0.3) is 0 Å². The molecule has 0 radical (unpaired) electrons. The molecule has 0 aromatic rings. The Kier molecular flexibility index (Phi) is 9.18. The van der Waals surface area contributed by atoms with E-state index in [0.29, 0.717) is 19.1 Å². The molecule has 1 unspecified atom stereocenters. The first kappa shape index (κ1) is 14.2. The predicted molar refractivity (Wildman–Crippen MR) is 64.8 cm³/mol. The van der Waals surface area contributed by atoms with E-state index in [9.17, 15) is 4.79 Å². The van der Waals surface area contributed by atoms with Crippen LogP contribution in [-0.4, -0.2) is 25.0 Å². The molecule has 0 fully saturated rings. The van der Waals surface area contributed by atoms with Crippen LogP contribution in [0, 0.1) is 0 Å². The minimum absolute atomic E-state index is 0.0462. The number of unbranched alkanes of at least 4 members (excludes halogenated alkanes) is 1. The summed E-state index contributed by atoms with van der Waals surface area (Å²) in [5.74, 6) is 0.0462. The largest absolute Gasteiger partial charge is 0.352 e. The summed E-state index contributed by atoms with van der Waals surface area (Å²) in [4.78, 5) is 11.3. The van der Waals surface area contributed by atoms with Crippen molar-refractivity contribution >= 4 is 5.91 Å². The minimum atomic E-state index is 0.0462. The van der Waals surface area contributed by atoms with E-state index in [4.69, 9.17) is 0 Å². The summed E-state index contributed by atoms with van der Waals surface area (Å²) < 4.78 is 0. The zero-order chi connectivity index (χ0) is 11.5. The number of amides is 1. The molecule has 0 aromatic carbocycles. The van der Waals surface area contributed by atoms with Gasteiger partial charge >= 0.3 is 0 Å². The highest BCUT2D eigenvalue weighted by molar-refractivity contribution is 5.78. The fourth-order valence-electron chi connectivity index (χ4n) is 1.39. The summed E-state index contributed by atoms with van der Waals surface area (Å²) in [7, 11) is 0. The Morgan fingerprint density at radius 1 is 1.47 bits per heavy atom. The summed E-state index contributed by atoms with van der Waals surface area (Å²) in [6.07, 6.45) is 6.35. The van der Waals surface area contributed by atoms with Crippen molar-refractivity contribution in [3.63, 3.8) is 0 Å². The van der Waals surface area contributed by atoms with Gasteiger partial charge in [0.2, 0.25) is 5.91 Å². The Morgan fingerprint density at radius 2 is 2.20 bits per heavy atom. The van der Waals surface area contributed by atoms with Gasteiger partial charge in [-0.05, 0) is 12.8 Å². The van der Waals surface area contributed by atoms with Gasteiger partial charge in [-0.2, -0.15) is 0 Å². The second-order valence-corrected chi connectivity index (χ2v) is 3.72. The van der Waals surface area contributed by atoms with Gasteiger partial charge in [0, 0.05) is 12.6 Å². The lowest BCUT2D eigenvalue weighted by Gasteiger charge is -2.15. The average molecular weight is 212 g/mol. The molecule has 88 valence electrons. The smallest absolute Gasteiger partial charge is 0.234 e. The Hall–Kier alpha value is -0.830. The fourth-order valence-corrected chi connectivity index (χ4v) is 1.39. The van der Waals surface area contributed by atoms with E-state index < -0.39 is 0 Å². The Morgan fingerprint density at radius 3 is 2.73 bits per heavy atom. The van der Waals surface area contributed by atoms with Crippen molar-refractivity contribution < 1.29 is 4.79 Å². The molecule has 3 heteroatoms. The van der Waals surface area contributed by atoms with Crippen LogP contribution in [0.25, 0.3) is 0 Å². The van der Waals surface area contributed by atoms with Crippen molar-refractivity contribution in [1.29, 1.82) is 0 Å². The van der Waals surface area contributed by atoms with Crippen LogP contribution in [0.1, 0.15) is 39.5 Å². The summed E-state index contributed by atoms with van der Waals surface area (Å²) in [5, 5.41) is 6.01. The average Bonchev–Trinajstić information content (AvgIpc) is 2.26. The number of rotatable bonds is 9. The van der Waals surface area contributed by atoms with Crippen LogP contribution in [0.4, 0.5) is 0 Å². The van der Waals surface area contributed by atoms with Gasteiger partial charge in [0.15, 0.2) is 0 Å². The van der Waals surface area contributed by atoms with Gasteiger partial charge in [-0.1, -0.05) is 32.8 Å². The Balaban J connectivity index is 3.59. The summed E-state index contributed by atoms with van der Waals surface area (Å²) in [5.41, 5.74) is 0. The van der Waals surface area contributed by atoms with Gasteiger partial charge in [0.05, 0.1) is 6.54 Å². The molecular formula is C12H24N2O. The van der Waals surface area contributed by atoms with Crippen LogP contribution in [0.2, 0.25) is 0 Å². The highest BCUT2D eigenvalue weighted by Crippen LogP contribution is 2.03. The molecular weight excluding hydrogens is 188 g/mol. The lowest BCUT2D eigenvalue weighted by atomic mass is 10.1. The Bertz CT molecular complexity index is 180. The molecule has 0 spiro atoms. The van der Waals surface area contributed by atoms with Crippen LogP contribution in [0.15, 0.2) is 12.7 Å². The first-order valence-corrected chi connectivity index (χ1v) is 5.85. The van der Waals surface area contributed by atoms with Gasteiger partial charge in [-0.15, -0.1) is 6.58 Å². The van der Waals surface area contributed by atoms with Crippen molar-refractivity contribution in [3.05, 3.63) is 12.7 Å². The third-order valence-electron chi connectivity index (χ3n) is 2.39. The predicted octanol–water partition coefficient (Wildman–Crippen LogP) is 1.85. The standard InChI is InChI=1S/C12H24N2O/c1-4-7-8-11(6-3)14-10-12(15)13-9-5-2/h5,11,14H,2,4,6-10H2,1,3H3,(H,13,15). The van der Waals surface area contributed by atoms with Crippen molar-refractivity contribution in [1.82, 2.24) is 10.6 Å². The molecule has 0 heterocycles. The van der Waals surface area contributed by atoms with E-state index in [2.05, 4.69) is 31.1 Å². The molecule has 2 N–H and O–H groups in total. The molecule has 0 aromatic heterocycles. The second kappa shape index (κ2) is 9.71. The first-order chi connectivity index (χ1) is 7.24. The van der Waals surface area contributed by atoms with Crippen molar-refractivity contribution in [2.45, 2.75) is 45.6 Å². The number of hydrogen-bond acceptors (Lipinski definition) is 2. The molecule has 1 amide bonds. The monoisotopic (exact) mass is 212 g/mol. The number of hydrogen-bond donors (Lipinski definition) is 2. The first-order valence-electron chi connectivity index (χ1n) is 5.85. The third-order valence-corrected chi connectivity index (χ3v) is 2.39. The molecule has 0 bridgehead atoms. The van der Waals surface area contributed by atoms with Gasteiger partial charge in [0.1, 0.15) is 0 Å². The number of nitrogens with one attached hydrogen (secondary N) is 2. The molecule has 0 aliphatic carbocycles. The molecule has 1 atom stereocenters. The van der Waals surface area contributed by atoms with Gasteiger partial charge in [-0.25, -0.2) is 0 Å². The van der Waals surface area contributed by atoms with E-state index in [-0.39, 0.29) is 5.91 Å². The summed E-state index contributed by atoms with van der Waals surface area (Å²) in [6.45, 7) is 8.84. The third kappa shape index (κ3) is 8.18. The summed E-state index contributed by atoms with van der Waals surface area (Å²) in [6, 6.07) is 0.472. The van der Waals surface area contributed by atoms with Crippen molar-refractivity contribution in [2.75, 3.05) is 13.1 Å². The van der Waals surface area contributed by atoms with Gasteiger partial charge in [-0.3, -0.25) is 4.79 Å². The maximum Gasteiger partial charge on any atom is 0.234 e. The normalized spacial score (nSPS) is 12.1. The molecule has 15 heavy (non-hydrogen) atoms. The topological polar surface area (TPSA) is 41.1 Å². The Labute approximate surface area is 93.3 Å². The van der Waals surface area contributed by atoms with E-state index in [1.165, 1.54) is 12.8 Å². The van der Waals surface area contributed by atoms with E-state index in [1.54, 1.807) is 6.08 Å². The fraction of sp³-hybridized carbons (Fsp3) is 0.750. The molecule has 0 saturated heterocycles. The molecule has 0 rings (SSSR count). The van der Waals surface area contributed by atoms with Crippen molar-refractivity contribution in [3.8, 4) is 0 Å². The zero-order valence-corrected chi connectivity index (χ0v) is 10.0. The van der Waals surface area contributed by atoms with Crippen molar-refractivity contribution in [2.24, 2.45) is 0 Å². The lowest BCUT2D eigenvalue weighted by Crippen LogP contribution is -2.39. The van der Waals surface area contributed by atoms with Gasteiger partial charge < -0.3 is 10.6 Å². The van der Waals surface area contributed by atoms with Crippen LogP contribution in [0.5, 0.6) is 0 Å². The quantitative estimate of drug-likeness (QED) is 0.573. The lowest BCUT2D eigenvalue weighted by molar-refractivity contribution is -0.120.